The van der Waals surface area contributed by atoms with Gasteiger partial charge in [0.25, 0.3) is 0 Å². The predicted molar refractivity (Wildman–Crippen MR) is 91.6 cm³/mol. The van der Waals surface area contributed by atoms with E-state index in [1.54, 1.807) is 55.5 Å². The van der Waals surface area contributed by atoms with Gasteiger partial charge in [0.15, 0.2) is 0 Å². The third-order valence-corrected chi connectivity index (χ3v) is 3.52. The van der Waals surface area contributed by atoms with Crippen molar-refractivity contribution in [3.63, 3.8) is 0 Å². The molecule has 0 spiro atoms. The quantitative estimate of drug-likeness (QED) is 0.871. The predicted octanol–water partition coefficient (Wildman–Crippen LogP) is 3.89. The molecule has 0 atom stereocenters. The number of ether oxygens (including phenoxy) is 2. The van der Waals surface area contributed by atoms with E-state index in [-0.39, 0.29) is 6.03 Å². The molecule has 2 aromatic rings. The standard InChI is InChI=1S/C17H19ClN2O3/c1-20(11-12-23-16-6-4-3-5-15(16)18)17(21)19-13-7-9-14(22-2)10-8-13/h3-10H,11-12H2,1-2H3,(H,19,21). The van der Waals surface area contributed by atoms with Crippen LogP contribution in [0.5, 0.6) is 11.5 Å². The van der Waals surface area contributed by atoms with Gasteiger partial charge in [-0.15, -0.1) is 0 Å². The molecule has 2 rings (SSSR count). The van der Waals surface area contributed by atoms with E-state index in [0.29, 0.717) is 29.6 Å². The Balaban J connectivity index is 1.79. The third kappa shape index (κ3) is 5.07. The van der Waals surface area contributed by atoms with Crippen molar-refractivity contribution < 1.29 is 14.3 Å². The Kier molecular flexibility index (Phi) is 6.11. The van der Waals surface area contributed by atoms with Gasteiger partial charge in [0, 0.05) is 12.7 Å². The highest BCUT2D eigenvalue weighted by atomic mass is 35.5. The van der Waals surface area contributed by atoms with Gasteiger partial charge in [-0.3, -0.25) is 0 Å². The summed E-state index contributed by atoms with van der Waals surface area (Å²) >= 11 is 6.01. The second-order valence-corrected chi connectivity index (χ2v) is 5.27. The van der Waals surface area contributed by atoms with E-state index in [1.807, 2.05) is 12.1 Å². The Bertz CT molecular complexity index is 647. The van der Waals surface area contributed by atoms with Crippen LogP contribution in [0.4, 0.5) is 10.5 Å². The lowest BCUT2D eigenvalue weighted by molar-refractivity contribution is 0.207. The number of hydrogen-bond acceptors (Lipinski definition) is 3. The summed E-state index contributed by atoms with van der Waals surface area (Å²) in [7, 11) is 3.30. The first-order chi connectivity index (χ1) is 11.1. The summed E-state index contributed by atoms with van der Waals surface area (Å²) in [5, 5.41) is 3.36. The summed E-state index contributed by atoms with van der Waals surface area (Å²) in [6, 6.07) is 14.2. The van der Waals surface area contributed by atoms with E-state index in [4.69, 9.17) is 21.1 Å². The minimum absolute atomic E-state index is 0.210. The Morgan fingerprint density at radius 2 is 1.87 bits per heavy atom. The monoisotopic (exact) mass is 334 g/mol. The van der Waals surface area contributed by atoms with Crippen LogP contribution >= 0.6 is 11.6 Å². The van der Waals surface area contributed by atoms with Gasteiger partial charge in [0.05, 0.1) is 18.7 Å². The number of para-hydroxylation sites is 1. The van der Waals surface area contributed by atoms with Crippen molar-refractivity contribution in [2.75, 3.05) is 32.6 Å². The second-order valence-electron chi connectivity index (χ2n) is 4.86. The van der Waals surface area contributed by atoms with Crippen LogP contribution < -0.4 is 14.8 Å². The number of halogens is 1. The van der Waals surface area contributed by atoms with Gasteiger partial charge >= 0.3 is 6.03 Å². The number of nitrogens with one attached hydrogen (secondary N) is 1. The molecule has 2 aromatic carbocycles. The Labute approximate surface area is 140 Å². The molecule has 0 aliphatic heterocycles. The lowest BCUT2D eigenvalue weighted by atomic mass is 10.3. The number of carbonyl (C=O) groups is 1. The van der Waals surface area contributed by atoms with E-state index in [1.165, 1.54) is 0 Å². The summed E-state index contributed by atoms with van der Waals surface area (Å²) in [5.74, 6) is 1.35. The summed E-state index contributed by atoms with van der Waals surface area (Å²) in [6.45, 7) is 0.795. The zero-order valence-corrected chi connectivity index (χ0v) is 13.8. The van der Waals surface area contributed by atoms with Crippen molar-refractivity contribution in [1.29, 1.82) is 0 Å². The first-order valence-corrected chi connectivity index (χ1v) is 7.51. The van der Waals surface area contributed by atoms with E-state index in [9.17, 15) is 4.79 Å². The molecule has 23 heavy (non-hydrogen) atoms. The summed E-state index contributed by atoms with van der Waals surface area (Å²) in [6.07, 6.45) is 0. The number of hydrogen-bond donors (Lipinski definition) is 1. The topological polar surface area (TPSA) is 50.8 Å². The number of rotatable bonds is 6. The van der Waals surface area contributed by atoms with Gasteiger partial charge in [-0.05, 0) is 36.4 Å². The molecule has 0 aromatic heterocycles. The van der Waals surface area contributed by atoms with Crippen molar-refractivity contribution in [2.45, 2.75) is 0 Å². The van der Waals surface area contributed by atoms with Crippen molar-refractivity contribution >= 4 is 23.3 Å². The highest BCUT2D eigenvalue weighted by molar-refractivity contribution is 6.32. The van der Waals surface area contributed by atoms with Gasteiger partial charge in [-0.25, -0.2) is 4.79 Å². The molecule has 0 unspecified atom stereocenters. The highest BCUT2D eigenvalue weighted by Gasteiger charge is 2.09. The molecule has 0 aliphatic rings. The van der Waals surface area contributed by atoms with Gasteiger partial charge in [0.1, 0.15) is 18.1 Å². The summed E-state index contributed by atoms with van der Waals surface area (Å²) in [4.78, 5) is 13.6. The molecule has 122 valence electrons. The number of amides is 2. The average Bonchev–Trinajstić information content (AvgIpc) is 2.57. The number of benzene rings is 2. The summed E-state index contributed by atoms with van der Waals surface area (Å²) < 4.78 is 10.6. The minimum atomic E-state index is -0.210. The first-order valence-electron chi connectivity index (χ1n) is 7.13. The lowest BCUT2D eigenvalue weighted by Crippen LogP contribution is -2.34. The van der Waals surface area contributed by atoms with Gasteiger partial charge in [0.2, 0.25) is 0 Å². The zero-order valence-electron chi connectivity index (χ0n) is 13.1. The van der Waals surface area contributed by atoms with E-state index in [0.717, 1.165) is 5.75 Å². The Morgan fingerprint density at radius 3 is 2.52 bits per heavy atom. The fourth-order valence-electron chi connectivity index (χ4n) is 1.85. The molecule has 0 saturated heterocycles. The number of anilines is 1. The van der Waals surface area contributed by atoms with E-state index < -0.39 is 0 Å². The first kappa shape index (κ1) is 17.0. The van der Waals surface area contributed by atoms with Gasteiger partial charge in [-0.1, -0.05) is 23.7 Å². The van der Waals surface area contributed by atoms with Crippen LogP contribution in [0.15, 0.2) is 48.5 Å². The zero-order chi connectivity index (χ0) is 16.7. The van der Waals surface area contributed by atoms with Gasteiger partial charge in [-0.2, -0.15) is 0 Å². The van der Waals surface area contributed by atoms with Crippen molar-refractivity contribution in [3.8, 4) is 11.5 Å². The minimum Gasteiger partial charge on any atom is -0.497 e. The maximum atomic E-state index is 12.1. The molecule has 0 aliphatic carbocycles. The Hall–Kier alpha value is -2.40. The fraction of sp³-hybridized carbons (Fsp3) is 0.235. The SMILES string of the molecule is COc1ccc(NC(=O)N(C)CCOc2ccccc2Cl)cc1. The molecular weight excluding hydrogens is 316 g/mol. The maximum Gasteiger partial charge on any atom is 0.321 e. The average molecular weight is 335 g/mol. The molecule has 0 saturated carbocycles. The smallest absolute Gasteiger partial charge is 0.321 e. The number of likely N-dealkylation sites (N-methyl/N-ethyl adjacent to an activating group) is 1. The van der Waals surface area contributed by atoms with E-state index >= 15 is 0 Å². The molecule has 0 fully saturated rings. The summed E-state index contributed by atoms with van der Waals surface area (Å²) in [5.41, 5.74) is 0.703. The lowest BCUT2D eigenvalue weighted by Gasteiger charge is -2.18. The molecule has 2 amide bonds. The van der Waals surface area contributed by atoms with Gasteiger partial charge < -0.3 is 19.7 Å². The van der Waals surface area contributed by atoms with Crippen LogP contribution in [0, 0.1) is 0 Å². The van der Waals surface area contributed by atoms with Crippen LogP contribution in [0.25, 0.3) is 0 Å². The second kappa shape index (κ2) is 8.29. The molecular formula is C17H19ClN2O3. The Morgan fingerprint density at radius 1 is 1.17 bits per heavy atom. The normalized spacial score (nSPS) is 10.0. The number of methoxy groups -OCH3 is 1. The largest absolute Gasteiger partial charge is 0.497 e. The van der Waals surface area contributed by atoms with Crippen LogP contribution in [-0.4, -0.2) is 38.2 Å². The highest BCUT2D eigenvalue weighted by Crippen LogP contribution is 2.22. The number of carbonyl (C=O) groups excluding carboxylic acids is 1. The molecule has 0 heterocycles. The fourth-order valence-corrected chi connectivity index (χ4v) is 2.04. The van der Waals surface area contributed by atoms with Crippen LogP contribution in [0.2, 0.25) is 5.02 Å². The van der Waals surface area contributed by atoms with Crippen molar-refractivity contribution in [1.82, 2.24) is 4.90 Å². The molecule has 6 heteroatoms. The van der Waals surface area contributed by atoms with E-state index in [2.05, 4.69) is 5.32 Å². The molecule has 0 bridgehead atoms. The molecule has 1 N–H and O–H groups in total. The molecule has 5 nitrogen and oxygen atoms in total. The van der Waals surface area contributed by atoms with Crippen LogP contribution in [0.1, 0.15) is 0 Å². The maximum absolute atomic E-state index is 12.1. The van der Waals surface area contributed by atoms with Crippen LogP contribution in [0.3, 0.4) is 0 Å². The van der Waals surface area contributed by atoms with Crippen molar-refractivity contribution in [2.24, 2.45) is 0 Å². The van der Waals surface area contributed by atoms with Crippen molar-refractivity contribution in [3.05, 3.63) is 53.6 Å². The van der Waals surface area contributed by atoms with Crippen LogP contribution in [-0.2, 0) is 0 Å². The number of nitrogens with zero attached hydrogens (tertiary/aromatic N) is 1. The number of urea groups is 1. The third-order valence-electron chi connectivity index (χ3n) is 3.21. The molecule has 0 radical (unpaired) electrons.